The number of benzene rings is 1. The van der Waals surface area contributed by atoms with Crippen molar-refractivity contribution in [2.24, 2.45) is 0 Å². The molecule has 2 aromatic heterocycles. The van der Waals surface area contributed by atoms with Gasteiger partial charge in [-0.15, -0.1) is 11.3 Å². The molecule has 128 valence electrons. The fraction of sp³-hybridized carbons (Fsp3) is 0.176. The van der Waals surface area contributed by atoms with Gasteiger partial charge in [-0.1, -0.05) is 11.2 Å². The summed E-state index contributed by atoms with van der Waals surface area (Å²) in [5, 5.41) is 8.18. The van der Waals surface area contributed by atoms with Crippen molar-refractivity contribution in [2.45, 2.75) is 18.3 Å². The summed E-state index contributed by atoms with van der Waals surface area (Å²) in [4.78, 5) is 13.4. The van der Waals surface area contributed by atoms with Crippen molar-refractivity contribution in [1.29, 1.82) is 0 Å². The number of nitrogens with zero attached hydrogens (tertiary/aromatic N) is 1. The number of thiophene rings is 1. The number of carbonyl (C=O) groups is 1. The molecule has 4 nitrogen and oxygen atoms in total. The number of nitrogens with one attached hydrogen (secondary N) is 1. The number of halogens is 3. The molecule has 2 heterocycles. The van der Waals surface area contributed by atoms with Gasteiger partial charge in [-0.05, 0) is 36.4 Å². The van der Waals surface area contributed by atoms with Gasteiger partial charge in [0, 0.05) is 6.07 Å². The number of anilines is 1. The molecular weight excluding hydrogens is 353 g/mol. The van der Waals surface area contributed by atoms with Crippen molar-refractivity contribution in [3.63, 3.8) is 0 Å². The molecular formula is C17H11F3N2O2S. The van der Waals surface area contributed by atoms with Gasteiger partial charge in [0.1, 0.15) is 0 Å². The van der Waals surface area contributed by atoms with E-state index < -0.39 is 34.5 Å². The van der Waals surface area contributed by atoms with E-state index in [4.69, 9.17) is 4.52 Å². The Hall–Kier alpha value is -2.61. The molecule has 8 heteroatoms. The predicted octanol–water partition coefficient (Wildman–Crippen LogP) is 4.49. The third-order valence-corrected chi connectivity index (χ3v) is 5.12. The van der Waals surface area contributed by atoms with Crippen molar-refractivity contribution in [3.8, 4) is 10.6 Å². The molecule has 0 spiro atoms. The van der Waals surface area contributed by atoms with Crippen LogP contribution in [-0.4, -0.2) is 11.1 Å². The van der Waals surface area contributed by atoms with Gasteiger partial charge in [0.05, 0.1) is 21.7 Å². The SMILES string of the molecule is O=C(Nc1ccc(F)c(F)c1F)C1(c2cc(-c3cccs3)on2)CC1. The molecule has 3 aromatic rings. The highest BCUT2D eigenvalue weighted by molar-refractivity contribution is 7.13. The molecule has 0 saturated heterocycles. The summed E-state index contributed by atoms with van der Waals surface area (Å²) in [5.74, 6) is -4.34. The van der Waals surface area contributed by atoms with Gasteiger partial charge in [-0.25, -0.2) is 13.2 Å². The lowest BCUT2D eigenvalue weighted by molar-refractivity contribution is -0.118. The number of hydrogen-bond donors (Lipinski definition) is 1. The van der Waals surface area contributed by atoms with Crippen LogP contribution in [0.25, 0.3) is 10.6 Å². The molecule has 0 unspecified atom stereocenters. The zero-order valence-electron chi connectivity index (χ0n) is 12.7. The smallest absolute Gasteiger partial charge is 0.236 e. The van der Waals surface area contributed by atoms with E-state index >= 15 is 0 Å². The molecule has 1 saturated carbocycles. The molecule has 1 fully saturated rings. The van der Waals surface area contributed by atoms with Crippen molar-refractivity contribution >= 4 is 22.9 Å². The predicted molar refractivity (Wildman–Crippen MR) is 85.7 cm³/mol. The topological polar surface area (TPSA) is 55.1 Å². The molecule has 1 aromatic carbocycles. The standard InChI is InChI=1S/C17H11F3N2O2S/c18-9-3-4-10(15(20)14(9)19)21-16(23)17(5-6-17)13-8-11(24-22-13)12-2-1-7-25-12/h1-4,7-8H,5-6H2,(H,21,23). The number of amides is 1. The Morgan fingerprint density at radius 3 is 2.68 bits per heavy atom. The van der Waals surface area contributed by atoms with Gasteiger partial charge in [0.15, 0.2) is 23.2 Å². The van der Waals surface area contributed by atoms with Crippen molar-refractivity contribution < 1.29 is 22.5 Å². The summed E-state index contributed by atoms with van der Waals surface area (Å²) in [6.45, 7) is 0. The van der Waals surface area contributed by atoms with Crippen LogP contribution in [0.1, 0.15) is 18.5 Å². The Morgan fingerprint density at radius 2 is 2.00 bits per heavy atom. The fourth-order valence-electron chi connectivity index (χ4n) is 2.62. The zero-order chi connectivity index (χ0) is 17.6. The summed E-state index contributed by atoms with van der Waals surface area (Å²) in [6.07, 6.45) is 1.03. The molecule has 25 heavy (non-hydrogen) atoms. The lowest BCUT2D eigenvalue weighted by Gasteiger charge is -2.13. The minimum atomic E-state index is -1.62. The highest BCUT2D eigenvalue weighted by atomic mass is 32.1. The maximum atomic E-state index is 13.8. The minimum Gasteiger partial charge on any atom is -0.355 e. The second kappa shape index (κ2) is 5.73. The molecule has 0 atom stereocenters. The van der Waals surface area contributed by atoms with Crippen LogP contribution in [0.2, 0.25) is 0 Å². The Bertz CT molecular complexity index is 949. The van der Waals surface area contributed by atoms with Gasteiger partial charge in [-0.2, -0.15) is 0 Å². The highest BCUT2D eigenvalue weighted by Gasteiger charge is 2.54. The van der Waals surface area contributed by atoms with E-state index in [1.54, 1.807) is 6.07 Å². The molecule has 0 aliphatic heterocycles. The number of hydrogen-bond acceptors (Lipinski definition) is 4. The second-order valence-corrected chi connectivity index (χ2v) is 6.76. The van der Waals surface area contributed by atoms with E-state index in [0.29, 0.717) is 24.3 Å². The van der Waals surface area contributed by atoms with E-state index in [-0.39, 0.29) is 0 Å². The van der Waals surface area contributed by atoms with E-state index in [2.05, 4.69) is 10.5 Å². The number of aromatic nitrogens is 1. The van der Waals surface area contributed by atoms with Gasteiger partial charge in [0.2, 0.25) is 5.91 Å². The van der Waals surface area contributed by atoms with Crippen LogP contribution in [0.5, 0.6) is 0 Å². The Morgan fingerprint density at radius 1 is 1.20 bits per heavy atom. The largest absolute Gasteiger partial charge is 0.355 e. The quantitative estimate of drug-likeness (QED) is 0.694. The maximum absolute atomic E-state index is 13.8. The van der Waals surface area contributed by atoms with Crippen LogP contribution in [0, 0.1) is 17.5 Å². The summed E-state index contributed by atoms with van der Waals surface area (Å²) in [7, 11) is 0. The molecule has 1 amide bonds. The number of carbonyl (C=O) groups excluding carboxylic acids is 1. The molecule has 4 rings (SSSR count). The van der Waals surface area contributed by atoms with Crippen LogP contribution < -0.4 is 5.32 Å². The van der Waals surface area contributed by atoms with Crippen molar-refractivity contribution in [2.75, 3.05) is 5.32 Å². The van der Waals surface area contributed by atoms with Crippen LogP contribution in [-0.2, 0) is 10.2 Å². The lowest BCUT2D eigenvalue weighted by Crippen LogP contribution is -2.28. The Labute approximate surface area is 144 Å². The molecule has 0 bridgehead atoms. The van der Waals surface area contributed by atoms with Gasteiger partial charge in [0.25, 0.3) is 0 Å². The summed E-state index contributed by atoms with van der Waals surface area (Å²) in [6, 6.07) is 7.17. The van der Waals surface area contributed by atoms with Gasteiger partial charge >= 0.3 is 0 Å². The van der Waals surface area contributed by atoms with Crippen molar-refractivity contribution in [1.82, 2.24) is 5.16 Å². The average molecular weight is 364 g/mol. The van der Waals surface area contributed by atoms with E-state index in [9.17, 15) is 18.0 Å². The Kier molecular flexibility index (Phi) is 3.64. The minimum absolute atomic E-state index is 0.405. The monoisotopic (exact) mass is 364 g/mol. The zero-order valence-corrected chi connectivity index (χ0v) is 13.5. The van der Waals surface area contributed by atoms with Gasteiger partial charge < -0.3 is 9.84 Å². The first-order valence-corrected chi connectivity index (χ1v) is 8.35. The van der Waals surface area contributed by atoms with Crippen LogP contribution in [0.4, 0.5) is 18.9 Å². The first-order valence-electron chi connectivity index (χ1n) is 7.47. The van der Waals surface area contributed by atoms with Crippen LogP contribution in [0.15, 0.2) is 40.2 Å². The van der Waals surface area contributed by atoms with E-state index in [0.717, 1.165) is 17.0 Å². The van der Waals surface area contributed by atoms with Crippen LogP contribution in [0.3, 0.4) is 0 Å². The van der Waals surface area contributed by atoms with Crippen molar-refractivity contribution in [3.05, 3.63) is 58.9 Å². The fourth-order valence-corrected chi connectivity index (χ4v) is 3.30. The molecule has 1 aliphatic carbocycles. The molecule has 1 aliphatic rings. The third kappa shape index (κ3) is 2.62. The lowest BCUT2D eigenvalue weighted by atomic mass is 10.0. The maximum Gasteiger partial charge on any atom is 0.236 e. The third-order valence-electron chi connectivity index (χ3n) is 4.23. The first kappa shape index (κ1) is 15.9. The summed E-state index contributed by atoms with van der Waals surface area (Å²) >= 11 is 1.48. The highest BCUT2D eigenvalue weighted by Crippen LogP contribution is 2.49. The average Bonchev–Trinajstić information content (AvgIpc) is 3.02. The number of rotatable bonds is 4. The molecule has 0 radical (unpaired) electrons. The summed E-state index contributed by atoms with van der Waals surface area (Å²) < 4.78 is 45.4. The summed E-state index contributed by atoms with van der Waals surface area (Å²) in [5.41, 5.74) is -0.899. The molecule has 1 N–H and O–H groups in total. The normalized spacial score (nSPS) is 15.2. The first-order chi connectivity index (χ1) is 12.0. The van der Waals surface area contributed by atoms with Crippen LogP contribution >= 0.6 is 11.3 Å². The Balaban J connectivity index is 1.59. The van der Waals surface area contributed by atoms with E-state index in [1.807, 2.05) is 17.5 Å². The van der Waals surface area contributed by atoms with Gasteiger partial charge in [-0.3, -0.25) is 4.79 Å². The van der Waals surface area contributed by atoms with E-state index in [1.165, 1.54) is 11.3 Å². The second-order valence-electron chi connectivity index (χ2n) is 5.81.